The summed E-state index contributed by atoms with van der Waals surface area (Å²) in [6.45, 7) is 14.4. The molecule has 1 atom stereocenters. The minimum absolute atomic E-state index is 0.455. The summed E-state index contributed by atoms with van der Waals surface area (Å²) >= 11 is 0. The van der Waals surface area contributed by atoms with Gasteiger partial charge in [0.2, 0.25) is 0 Å². The average molecular weight is 292 g/mol. The maximum Gasteiger partial charge on any atom is 0.101 e. The van der Waals surface area contributed by atoms with Crippen LogP contribution in [0.25, 0.3) is 0 Å². The number of hydrogen-bond donors (Lipinski definition) is 1. The van der Waals surface area contributed by atoms with Crippen LogP contribution in [-0.2, 0) is 4.52 Å². The first-order chi connectivity index (χ1) is 9.50. The fourth-order valence-electron chi connectivity index (χ4n) is 2.34. The van der Waals surface area contributed by atoms with E-state index in [0.29, 0.717) is 19.0 Å². The molecule has 0 bridgehead atoms. The lowest BCUT2D eigenvalue weighted by Gasteiger charge is -2.35. The zero-order valence-corrected chi connectivity index (χ0v) is 14.5. The van der Waals surface area contributed by atoms with Gasteiger partial charge in [-0.3, -0.25) is 4.67 Å². The van der Waals surface area contributed by atoms with Crippen molar-refractivity contribution in [2.45, 2.75) is 72.4 Å². The van der Waals surface area contributed by atoms with Gasteiger partial charge in [-0.25, -0.2) is 0 Å². The summed E-state index contributed by atoms with van der Waals surface area (Å²) in [7, 11) is -0.455. The minimum atomic E-state index is -0.455. The molecular formula is C15H35N2OP. The van der Waals surface area contributed by atoms with E-state index in [-0.39, 0.29) is 0 Å². The predicted octanol–water partition coefficient (Wildman–Crippen LogP) is 4.23. The van der Waals surface area contributed by atoms with Crippen LogP contribution in [0.3, 0.4) is 0 Å². The van der Waals surface area contributed by atoms with Crippen LogP contribution in [0.1, 0.15) is 61.6 Å². The third kappa shape index (κ3) is 9.79. The summed E-state index contributed by atoms with van der Waals surface area (Å²) < 4.78 is 15.5. The Morgan fingerprint density at radius 2 is 1.74 bits per heavy atom. The molecule has 0 radical (unpaired) electrons. The van der Waals surface area contributed by atoms with Crippen LogP contribution >= 0.6 is 8.30 Å². The molecule has 1 unspecified atom stereocenters. The summed E-state index contributed by atoms with van der Waals surface area (Å²) in [5.74, 6) is 0. The van der Waals surface area contributed by atoms with E-state index in [9.17, 15) is 0 Å². The van der Waals surface area contributed by atoms with Crippen molar-refractivity contribution in [3.05, 3.63) is 0 Å². The van der Waals surface area contributed by atoms with Crippen LogP contribution < -0.4 is 5.32 Å². The average Bonchev–Trinajstić information content (AvgIpc) is 2.36. The van der Waals surface area contributed by atoms with E-state index in [2.05, 4.69) is 44.3 Å². The van der Waals surface area contributed by atoms with E-state index in [1.807, 2.05) is 0 Å². The van der Waals surface area contributed by atoms with Crippen LogP contribution in [0.2, 0.25) is 0 Å². The van der Waals surface area contributed by atoms with Crippen molar-refractivity contribution in [2.24, 2.45) is 0 Å². The molecule has 0 aliphatic heterocycles. The van der Waals surface area contributed by atoms with Crippen molar-refractivity contribution in [1.29, 1.82) is 0 Å². The lowest BCUT2D eigenvalue weighted by Crippen LogP contribution is -2.32. The van der Waals surface area contributed by atoms with Gasteiger partial charge in [-0.15, -0.1) is 0 Å². The number of rotatable bonds is 12. The second kappa shape index (κ2) is 12.1. The first kappa shape index (κ1) is 17.4. The lowest BCUT2D eigenvalue weighted by atomic mass is 10.2. The third-order valence-electron chi connectivity index (χ3n) is 3.09. The first-order valence-electron chi connectivity index (χ1n) is 8.36. The van der Waals surface area contributed by atoms with Gasteiger partial charge >= 0.3 is 0 Å². The standard InChI is InChI=1S/C15H35N2OP/c1-7-16-12-10-8-9-11-13-18-19(6)17(14(2)3)15(4)5/h14-16H,7-13H2,1-6H3/i1T. The molecule has 0 aliphatic carbocycles. The number of nitrogens with one attached hydrogen (secondary N) is 1. The third-order valence-corrected chi connectivity index (χ3v) is 5.22. The Bertz CT molecular complexity index is 210. The molecule has 0 aliphatic rings. The van der Waals surface area contributed by atoms with Gasteiger partial charge in [-0.05, 0) is 60.3 Å². The van der Waals surface area contributed by atoms with Gasteiger partial charge in [0, 0.05) is 13.5 Å². The molecule has 0 aromatic carbocycles. The summed E-state index contributed by atoms with van der Waals surface area (Å²) in [4.78, 5) is 0. The van der Waals surface area contributed by atoms with Crippen LogP contribution in [0.4, 0.5) is 0 Å². The Morgan fingerprint density at radius 1 is 1.11 bits per heavy atom. The predicted molar refractivity (Wildman–Crippen MR) is 87.9 cm³/mol. The second-order valence-electron chi connectivity index (χ2n) is 5.53. The van der Waals surface area contributed by atoms with Gasteiger partial charge in [-0.1, -0.05) is 19.7 Å². The van der Waals surface area contributed by atoms with Crippen LogP contribution in [0.5, 0.6) is 0 Å². The quantitative estimate of drug-likeness (QED) is 0.430. The zero-order valence-electron chi connectivity index (χ0n) is 14.6. The highest BCUT2D eigenvalue weighted by Crippen LogP contribution is 2.40. The van der Waals surface area contributed by atoms with Gasteiger partial charge in [0.1, 0.15) is 8.30 Å². The highest BCUT2D eigenvalue weighted by molar-refractivity contribution is 7.49. The van der Waals surface area contributed by atoms with Gasteiger partial charge in [0.25, 0.3) is 0 Å². The summed E-state index contributed by atoms with van der Waals surface area (Å²) in [5.41, 5.74) is 0. The lowest BCUT2D eigenvalue weighted by molar-refractivity contribution is 0.252. The maximum atomic E-state index is 7.03. The Hall–Kier alpha value is 0.310. The van der Waals surface area contributed by atoms with Gasteiger partial charge in [-0.2, -0.15) is 0 Å². The van der Waals surface area contributed by atoms with Crippen LogP contribution in [-0.4, -0.2) is 43.1 Å². The minimum Gasteiger partial charge on any atom is -0.344 e. The van der Waals surface area contributed by atoms with Crippen molar-refractivity contribution in [1.82, 2.24) is 9.99 Å². The molecule has 3 nitrogen and oxygen atoms in total. The van der Waals surface area contributed by atoms with Gasteiger partial charge < -0.3 is 9.84 Å². The van der Waals surface area contributed by atoms with Crippen molar-refractivity contribution >= 4 is 8.30 Å². The maximum absolute atomic E-state index is 7.03. The molecule has 0 heterocycles. The summed E-state index contributed by atoms with van der Waals surface area (Å²) in [6.07, 6.45) is 4.88. The molecule has 0 saturated heterocycles. The summed E-state index contributed by atoms with van der Waals surface area (Å²) in [5, 5.41) is 3.26. The van der Waals surface area contributed by atoms with E-state index in [1.165, 1.54) is 19.3 Å². The highest BCUT2D eigenvalue weighted by atomic mass is 31.2. The molecule has 19 heavy (non-hydrogen) atoms. The normalized spacial score (nSPS) is 14.4. The molecule has 0 fully saturated rings. The monoisotopic (exact) mass is 292 g/mol. The fourth-order valence-corrected chi connectivity index (χ4v) is 4.17. The van der Waals surface area contributed by atoms with E-state index < -0.39 is 8.30 Å². The Balaban J connectivity index is 3.54. The Morgan fingerprint density at radius 3 is 2.32 bits per heavy atom. The fraction of sp³-hybridized carbons (Fsp3) is 1.00. The molecular weight excluding hydrogens is 255 g/mol. The Labute approximate surface area is 123 Å². The molecule has 116 valence electrons. The first-order valence-corrected chi connectivity index (χ1v) is 9.31. The van der Waals surface area contributed by atoms with Gasteiger partial charge in [0.05, 0.1) is 6.61 Å². The van der Waals surface area contributed by atoms with E-state index in [0.717, 1.165) is 26.1 Å². The Kier molecular flexibility index (Phi) is 11.0. The SMILES string of the molecule is [3H]CCNCCCCCCOP(C)N(C(C)C)C(C)C. The number of nitrogens with zero attached hydrogens (tertiary/aromatic N) is 1. The van der Waals surface area contributed by atoms with Crippen LogP contribution in [0.15, 0.2) is 0 Å². The topological polar surface area (TPSA) is 24.5 Å². The molecule has 0 aromatic rings. The van der Waals surface area contributed by atoms with Crippen molar-refractivity contribution < 1.29 is 5.89 Å². The molecule has 0 amide bonds. The highest BCUT2D eigenvalue weighted by Gasteiger charge is 2.20. The van der Waals surface area contributed by atoms with E-state index in [1.54, 1.807) is 0 Å². The summed E-state index contributed by atoms with van der Waals surface area (Å²) in [6, 6.07) is 1.10. The number of hydrogen-bond acceptors (Lipinski definition) is 3. The van der Waals surface area contributed by atoms with Crippen molar-refractivity contribution in [3.63, 3.8) is 0 Å². The zero-order chi connectivity index (χ0) is 15.4. The molecule has 0 spiro atoms. The van der Waals surface area contributed by atoms with Gasteiger partial charge in [0.15, 0.2) is 0 Å². The molecule has 4 heteroatoms. The van der Waals surface area contributed by atoms with E-state index >= 15 is 0 Å². The molecule has 1 N–H and O–H groups in total. The van der Waals surface area contributed by atoms with Crippen molar-refractivity contribution in [3.8, 4) is 0 Å². The molecule has 0 aromatic heterocycles. The number of unbranched alkanes of at least 4 members (excludes halogenated alkanes) is 3. The van der Waals surface area contributed by atoms with E-state index in [4.69, 9.17) is 5.89 Å². The molecule has 0 saturated carbocycles. The van der Waals surface area contributed by atoms with Crippen LogP contribution in [0, 0.1) is 0 Å². The second-order valence-corrected chi connectivity index (χ2v) is 7.18. The smallest absolute Gasteiger partial charge is 0.101 e. The van der Waals surface area contributed by atoms with Crippen molar-refractivity contribution in [2.75, 3.05) is 26.4 Å². The molecule has 0 rings (SSSR count). The largest absolute Gasteiger partial charge is 0.344 e.